The van der Waals surface area contributed by atoms with Gasteiger partial charge in [-0.2, -0.15) is 8.42 Å². The van der Waals surface area contributed by atoms with Gasteiger partial charge in [-0.15, -0.1) is 0 Å². The maximum atomic E-state index is 12.8. The van der Waals surface area contributed by atoms with Crippen molar-refractivity contribution in [2.75, 3.05) is 0 Å². The van der Waals surface area contributed by atoms with Gasteiger partial charge in [-0.1, -0.05) is 29.3 Å². The molecule has 0 amide bonds. The molecular weight excluding hydrogens is 346 g/mol. The molecule has 0 saturated carbocycles. The van der Waals surface area contributed by atoms with Crippen LogP contribution in [0, 0.1) is 20.8 Å². The van der Waals surface area contributed by atoms with E-state index in [1.165, 1.54) is 6.07 Å². The minimum absolute atomic E-state index is 0.161. The number of halogens is 1. The average Bonchev–Trinajstić information content (AvgIpc) is 2.49. The molecule has 0 aliphatic carbocycles. The molecule has 0 saturated heterocycles. The summed E-state index contributed by atoms with van der Waals surface area (Å²) in [5.74, 6) is 0.161. The standard InChI is InChI=1S/C18H16ClNO3S/c1-11-9-12(2)18(13(3)10-11)24(21,22)23-16-7-6-15(19)14-5-4-8-20-17(14)16/h4-10H,1-3H3. The van der Waals surface area contributed by atoms with E-state index in [1.807, 2.05) is 19.1 Å². The van der Waals surface area contributed by atoms with Crippen molar-refractivity contribution < 1.29 is 12.6 Å². The van der Waals surface area contributed by atoms with Crippen molar-refractivity contribution >= 4 is 32.6 Å². The normalized spacial score (nSPS) is 11.7. The summed E-state index contributed by atoms with van der Waals surface area (Å²) in [6, 6.07) is 10.3. The number of nitrogens with zero attached hydrogens (tertiary/aromatic N) is 1. The van der Waals surface area contributed by atoms with Crippen molar-refractivity contribution in [2.24, 2.45) is 0 Å². The van der Waals surface area contributed by atoms with Crippen LogP contribution in [0.5, 0.6) is 5.75 Å². The smallest absolute Gasteiger partial charge is 0.339 e. The Bertz CT molecular complexity index is 1020. The first-order valence-electron chi connectivity index (χ1n) is 7.35. The number of hydrogen-bond acceptors (Lipinski definition) is 4. The van der Waals surface area contributed by atoms with Gasteiger partial charge < -0.3 is 4.18 Å². The van der Waals surface area contributed by atoms with Crippen LogP contribution in [0.25, 0.3) is 10.9 Å². The fourth-order valence-corrected chi connectivity index (χ4v) is 4.48. The lowest BCUT2D eigenvalue weighted by atomic mass is 10.1. The Balaban J connectivity index is 2.14. The fraction of sp³-hybridized carbons (Fsp3) is 0.167. The third-order valence-electron chi connectivity index (χ3n) is 3.73. The van der Waals surface area contributed by atoms with Gasteiger partial charge in [0.15, 0.2) is 5.75 Å². The Labute approximate surface area is 146 Å². The number of aryl methyl sites for hydroxylation is 3. The van der Waals surface area contributed by atoms with Gasteiger partial charge in [-0.25, -0.2) is 0 Å². The molecule has 0 bridgehead atoms. The lowest BCUT2D eigenvalue weighted by Gasteiger charge is -2.14. The van der Waals surface area contributed by atoms with Crippen LogP contribution in [-0.2, 0) is 10.1 Å². The molecule has 0 radical (unpaired) electrons. The lowest BCUT2D eigenvalue weighted by Crippen LogP contribution is -2.13. The number of pyridine rings is 1. The van der Waals surface area contributed by atoms with E-state index < -0.39 is 10.1 Å². The summed E-state index contributed by atoms with van der Waals surface area (Å²) in [5.41, 5.74) is 2.72. The summed E-state index contributed by atoms with van der Waals surface area (Å²) < 4.78 is 31.0. The van der Waals surface area contributed by atoms with E-state index in [-0.39, 0.29) is 10.6 Å². The number of benzene rings is 2. The van der Waals surface area contributed by atoms with E-state index in [0.29, 0.717) is 27.1 Å². The van der Waals surface area contributed by atoms with E-state index >= 15 is 0 Å². The van der Waals surface area contributed by atoms with E-state index in [1.54, 1.807) is 38.2 Å². The fourth-order valence-electron chi connectivity index (χ4n) is 2.90. The largest absolute Gasteiger partial charge is 0.377 e. The average molecular weight is 362 g/mol. The molecule has 0 N–H and O–H groups in total. The second kappa shape index (κ2) is 6.07. The molecule has 24 heavy (non-hydrogen) atoms. The van der Waals surface area contributed by atoms with Crippen LogP contribution in [0.3, 0.4) is 0 Å². The van der Waals surface area contributed by atoms with Gasteiger partial charge in [-0.05, 0) is 56.2 Å². The molecule has 0 spiro atoms. The van der Waals surface area contributed by atoms with Gasteiger partial charge >= 0.3 is 10.1 Å². The first-order valence-corrected chi connectivity index (χ1v) is 9.14. The highest BCUT2D eigenvalue weighted by Crippen LogP contribution is 2.32. The first kappa shape index (κ1) is 16.7. The molecule has 0 aliphatic rings. The first-order chi connectivity index (χ1) is 11.3. The highest BCUT2D eigenvalue weighted by Gasteiger charge is 2.23. The van der Waals surface area contributed by atoms with Crippen LogP contribution < -0.4 is 4.18 Å². The second-order valence-electron chi connectivity index (χ2n) is 5.71. The molecule has 3 aromatic rings. The highest BCUT2D eigenvalue weighted by atomic mass is 35.5. The van der Waals surface area contributed by atoms with Crippen LogP contribution in [0.15, 0.2) is 47.5 Å². The summed E-state index contributed by atoms with van der Waals surface area (Å²) in [7, 11) is -3.98. The van der Waals surface area contributed by atoms with E-state index in [4.69, 9.17) is 15.8 Å². The third kappa shape index (κ3) is 2.97. The topological polar surface area (TPSA) is 56.3 Å². The summed E-state index contributed by atoms with van der Waals surface area (Å²) in [6.45, 7) is 5.44. The molecule has 4 nitrogen and oxygen atoms in total. The van der Waals surface area contributed by atoms with Crippen LogP contribution in [0.4, 0.5) is 0 Å². The SMILES string of the molecule is Cc1cc(C)c(S(=O)(=O)Oc2ccc(Cl)c3cccnc23)c(C)c1. The van der Waals surface area contributed by atoms with Gasteiger partial charge in [0.25, 0.3) is 0 Å². The van der Waals surface area contributed by atoms with E-state index in [0.717, 1.165) is 5.56 Å². The molecule has 6 heteroatoms. The van der Waals surface area contributed by atoms with E-state index in [2.05, 4.69) is 4.98 Å². The molecule has 0 atom stereocenters. The molecule has 0 fully saturated rings. The number of hydrogen-bond donors (Lipinski definition) is 0. The maximum Gasteiger partial charge on any atom is 0.339 e. The molecule has 0 aliphatic heterocycles. The Kier molecular flexibility index (Phi) is 4.24. The van der Waals surface area contributed by atoms with Gasteiger partial charge in [-0.3, -0.25) is 4.98 Å². The monoisotopic (exact) mass is 361 g/mol. The molecule has 0 unspecified atom stereocenters. The zero-order chi connectivity index (χ0) is 17.5. The zero-order valence-corrected chi connectivity index (χ0v) is 15.1. The highest BCUT2D eigenvalue weighted by molar-refractivity contribution is 7.87. The van der Waals surface area contributed by atoms with Crippen molar-refractivity contribution in [1.82, 2.24) is 4.98 Å². The van der Waals surface area contributed by atoms with Crippen molar-refractivity contribution in [3.63, 3.8) is 0 Å². The van der Waals surface area contributed by atoms with Gasteiger partial charge in [0, 0.05) is 11.6 Å². The number of aromatic nitrogens is 1. The van der Waals surface area contributed by atoms with Crippen LogP contribution in [0.2, 0.25) is 5.02 Å². The Morgan fingerprint density at radius 2 is 1.71 bits per heavy atom. The van der Waals surface area contributed by atoms with E-state index in [9.17, 15) is 8.42 Å². The Morgan fingerprint density at radius 3 is 2.38 bits per heavy atom. The summed E-state index contributed by atoms with van der Waals surface area (Å²) in [4.78, 5) is 4.39. The van der Waals surface area contributed by atoms with Crippen LogP contribution in [-0.4, -0.2) is 13.4 Å². The Hall–Kier alpha value is -2.11. The minimum atomic E-state index is -3.98. The Morgan fingerprint density at radius 1 is 1.04 bits per heavy atom. The van der Waals surface area contributed by atoms with Gasteiger partial charge in [0.05, 0.1) is 5.02 Å². The molecular formula is C18H16ClNO3S. The maximum absolute atomic E-state index is 12.8. The van der Waals surface area contributed by atoms with Crippen molar-refractivity contribution in [3.05, 3.63) is 64.3 Å². The summed E-state index contributed by atoms with van der Waals surface area (Å²) in [6.07, 6.45) is 1.57. The lowest BCUT2D eigenvalue weighted by molar-refractivity contribution is 0.487. The van der Waals surface area contributed by atoms with Crippen molar-refractivity contribution in [2.45, 2.75) is 25.7 Å². The molecule has 1 heterocycles. The summed E-state index contributed by atoms with van der Waals surface area (Å²) >= 11 is 6.14. The second-order valence-corrected chi connectivity index (χ2v) is 7.60. The minimum Gasteiger partial charge on any atom is -0.377 e. The number of fused-ring (bicyclic) bond motifs is 1. The third-order valence-corrected chi connectivity index (χ3v) is 5.61. The molecule has 3 rings (SSSR count). The van der Waals surface area contributed by atoms with Crippen LogP contribution >= 0.6 is 11.6 Å². The quantitative estimate of drug-likeness (QED) is 0.640. The van der Waals surface area contributed by atoms with Crippen molar-refractivity contribution in [1.29, 1.82) is 0 Å². The molecule has 1 aromatic heterocycles. The zero-order valence-electron chi connectivity index (χ0n) is 13.5. The van der Waals surface area contributed by atoms with Crippen molar-refractivity contribution in [3.8, 4) is 5.75 Å². The molecule has 2 aromatic carbocycles. The summed E-state index contributed by atoms with van der Waals surface area (Å²) in [5, 5.41) is 1.13. The van der Waals surface area contributed by atoms with Gasteiger partial charge in [0.1, 0.15) is 10.4 Å². The predicted molar refractivity (Wildman–Crippen MR) is 95.2 cm³/mol. The van der Waals surface area contributed by atoms with Crippen LogP contribution in [0.1, 0.15) is 16.7 Å². The molecule has 124 valence electrons. The number of rotatable bonds is 3. The van der Waals surface area contributed by atoms with Gasteiger partial charge in [0.2, 0.25) is 0 Å². The predicted octanol–water partition coefficient (Wildman–Crippen LogP) is 4.58.